The molecule has 1 N–H and O–H groups in total. The van der Waals surface area contributed by atoms with E-state index in [1.54, 1.807) is 6.20 Å². The van der Waals surface area contributed by atoms with Crippen molar-refractivity contribution in [3.8, 4) is 0 Å². The van der Waals surface area contributed by atoms with Crippen LogP contribution in [0.15, 0.2) is 18.7 Å². The standard InChI is InChI=1S/C14H22N4O/c19-13-10-14(2-4-15-5-3-14)11-18(13)8-1-7-17-9-6-16-12-17/h6,9,12,15H,1-5,7-8,10-11H2. The smallest absolute Gasteiger partial charge is 0.223 e. The topological polar surface area (TPSA) is 50.2 Å². The molecule has 0 unspecified atom stereocenters. The number of carbonyl (C=O) groups excluding carboxylic acids is 1. The molecule has 3 heterocycles. The van der Waals surface area contributed by atoms with Crippen LogP contribution in [0.1, 0.15) is 25.7 Å². The summed E-state index contributed by atoms with van der Waals surface area (Å²) in [6, 6.07) is 0. The van der Waals surface area contributed by atoms with Crippen molar-refractivity contribution in [3.05, 3.63) is 18.7 Å². The normalized spacial score (nSPS) is 22.3. The van der Waals surface area contributed by atoms with Crippen molar-refractivity contribution < 1.29 is 4.79 Å². The summed E-state index contributed by atoms with van der Waals surface area (Å²) in [7, 11) is 0. The number of nitrogens with one attached hydrogen (secondary N) is 1. The lowest BCUT2D eigenvalue weighted by molar-refractivity contribution is -0.127. The van der Waals surface area contributed by atoms with E-state index >= 15 is 0 Å². The molecule has 104 valence electrons. The Hall–Kier alpha value is -1.36. The number of aryl methyl sites for hydroxylation is 1. The highest BCUT2D eigenvalue weighted by Gasteiger charge is 2.43. The second-order valence-electron chi connectivity index (χ2n) is 5.90. The molecule has 0 atom stereocenters. The highest BCUT2D eigenvalue weighted by Crippen LogP contribution is 2.39. The van der Waals surface area contributed by atoms with Crippen LogP contribution in [0.25, 0.3) is 0 Å². The van der Waals surface area contributed by atoms with Gasteiger partial charge in [-0.05, 0) is 37.8 Å². The lowest BCUT2D eigenvalue weighted by Crippen LogP contribution is -2.38. The Morgan fingerprint density at radius 1 is 1.32 bits per heavy atom. The maximum Gasteiger partial charge on any atom is 0.223 e. The van der Waals surface area contributed by atoms with Crippen LogP contribution < -0.4 is 5.32 Å². The van der Waals surface area contributed by atoms with Gasteiger partial charge in [-0.3, -0.25) is 4.79 Å². The van der Waals surface area contributed by atoms with Crippen LogP contribution in [-0.2, 0) is 11.3 Å². The van der Waals surface area contributed by atoms with E-state index in [4.69, 9.17) is 0 Å². The van der Waals surface area contributed by atoms with Gasteiger partial charge in [-0.25, -0.2) is 4.98 Å². The highest BCUT2D eigenvalue weighted by molar-refractivity contribution is 5.79. The molecule has 0 aliphatic carbocycles. The maximum atomic E-state index is 12.1. The molecule has 0 radical (unpaired) electrons. The second kappa shape index (κ2) is 5.33. The number of aromatic nitrogens is 2. The minimum Gasteiger partial charge on any atom is -0.342 e. The summed E-state index contributed by atoms with van der Waals surface area (Å²) >= 11 is 0. The number of piperidine rings is 1. The molecule has 2 saturated heterocycles. The van der Waals surface area contributed by atoms with Gasteiger partial charge in [0.05, 0.1) is 6.33 Å². The predicted octanol–water partition coefficient (Wildman–Crippen LogP) is 0.875. The Balaban J connectivity index is 1.50. The van der Waals surface area contributed by atoms with Crippen molar-refractivity contribution in [2.24, 2.45) is 5.41 Å². The van der Waals surface area contributed by atoms with Crippen LogP contribution in [0.5, 0.6) is 0 Å². The van der Waals surface area contributed by atoms with E-state index in [1.165, 1.54) is 0 Å². The summed E-state index contributed by atoms with van der Waals surface area (Å²) in [5.74, 6) is 0.354. The fourth-order valence-corrected chi connectivity index (χ4v) is 3.34. The number of hydrogen-bond acceptors (Lipinski definition) is 3. The predicted molar refractivity (Wildman–Crippen MR) is 72.6 cm³/mol. The molecule has 1 aromatic heterocycles. The van der Waals surface area contributed by atoms with Crippen LogP contribution in [0.4, 0.5) is 0 Å². The number of likely N-dealkylation sites (tertiary alicyclic amines) is 1. The third-order valence-electron chi connectivity index (χ3n) is 4.47. The van der Waals surface area contributed by atoms with E-state index in [0.29, 0.717) is 5.91 Å². The Kier molecular flexibility index (Phi) is 3.55. The van der Waals surface area contributed by atoms with Gasteiger partial charge >= 0.3 is 0 Å². The third kappa shape index (κ3) is 2.81. The van der Waals surface area contributed by atoms with Crippen molar-refractivity contribution in [1.29, 1.82) is 0 Å². The minimum atomic E-state index is 0.275. The van der Waals surface area contributed by atoms with Gasteiger partial charge < -0.3 is 14.8 Å². The first-order valence-corrected chi connectivity index (χ1v) is 7.22. The van der Waals surface area contributed by atoms with Crippen LogP contribution in [0.3, 0.4) is 0 Å². The average molecular weight is 262 g/mol. The monoisotopic (exact) mass is 262 g/mol. The van der Waals surface area contributed by atoms with E-state index in [2.05, 4.69) is 19.8 Å². The highest BCUT2D eigenvalue weighted by atomic mass is 16.2. The molecule has 2 aliphatic rings. The lowest BCUT2D eigenvalue weighted by atomic mass is 9.78. The molecule has 1 amide bonds. The molecule has 5 heteroatoms. The van der Waals surface area contributed by atoms with Gasteiger partial charge in [0.15, 0.2) is 0 Å². The largest absolute Gasteiger partial charge is 0.342 e. The fourth-order valence-electron chi connectivity index (χ4n) is 3.34. The summed E-state index contributed by atoms with van der Waals surface area (Å²) in [6.45, 7) is 4.92. The van der Waals surface area contributed by atoms with Crippen LogP contribution in [-0.4, -0.2) is 46.5 Å². The van der Waals surface area contributed by atoms with Crippen molar-refractivity contribution in [1.82, 2.24) is 19.8 Å². The molecule has 1 aromatic rings. The first kappa shape index (κ1) is 12.7. The zero-order chi connectivity index (χ0) is 13.1. The van der Waals surface area contributed by atoms with E-state index in [9.17, 15) is 4.79 Å². The minimum absolute atomic E-state index is 0.275. The summed E-state index contributed by atoms with van der Waals surface area (Å²) in [6.07, 6.45) is 9.68. The zero-order valence-electron chi connectivity index (χ0n) is 11.3. The van der Waals surface area contributed by atoms with E-state index < -0.39 is 0 Å². The third-order valence-corrected chi connectivity index (χ3v) is 4.47. The molecule has 19 heavy (non-hydrogen) atoms. The number of amides is 1. The number of nitrogens with zero attached hydrogens (tertiary/aromatic N) is 3. The van der Waals surface area contributed by atoms with E-state index in [1.807, 2.05) is 12.5 Å². The number of rotatable bonds is 4. The molecule has 5 nitrogen and oxygen atoms in total. The summed E-state index contributed by atoms with van der Waals surface area (Å²) in [5.41, 5.74) is 0.275. The van der Waals surface area contributed by atoms with E-state index in [0.717, 1.165) is 58.4 Å². The van der Waals surface area contributed by atoms with Crippen molar-refractivity contribution in [3.63, 3.8) is 0 Å². The molecule has 0 bridgehead atoms. The Morgan fingerprint density at radius 2 is 2.16 bits per heavy atom. The number of imidazole rings is 1. The summed E-state index contributed by atoms with van der Waals surface area (Å²) < 4.78 is 2.07. The van der Waals surface area contributed by atoms with Crippen molar-refractivity contribution in [2.75, 3.05) is 26.2 Å². The maximum absolute atomic E-state index is 12.1. The lowest BCUT2D eigenvalue weighted by Gasteiger charge is -2.33. The zero-order valence-corrected chi connectivity index (χ0v) is 11.3. The number of hydrogen-bond donors (Lipinski definition) is 1. The van der Waals surface area contributed by atoms with E-state index in [-0.39, 0.29) is 5.41 Å². The first-order valence-electron chi connectivity index (χ1n) is 7.22. The van der Waals surface area contributed by atoms with Gasteiger partial charge in [-0.1, -0.05) is 0 Å². The Morgan fingerprint density at radius 3 is 2.89 bits per heavy atom. The van der Waals surface area contributed by atoms with Crippen molar-refractivity contribution >= 4 is 5.91 Å². The van der Waals surface area contributed by atoms with Crippen LogP contribution in [0, 0.1) is 5.41 Å². The molecular weight excluding hydrogens is 240 g/mol. The molecule has 2 fully saturated rings. The second-order valence-corrected chi connectivity index (χ2v) is 5.90. The number of carbonyl (C=O) groups is 1. The van der Waals surface area contributed by atoms with Gasteiger partial charge in [0, 0.05) is 38.4 Å². The summed E-state index contributed by atoms with van der Waals surface area (Å²) in [4.78, 5) is 18.2. The van der Waals surface area contributed by atoms with Crippen LogP contribution >= 0.6 is 0 Å². The Bertz CT molecular complexity index is 423. The molecular formula is C14H22N4O. The first-order chi connectivity index (χ1) is 9.27. The van der Waals surface area contributed by atoms with Crippen LogP contribution in [0.2, 0.25) is 0 Å². The molecule has 0 saturated carbocycles. The molecule has 0 aromatic carbocycles. The molecule has 3 rings (SSSR count). The van der Waals surface area contributed by atoms with Gasteiger partial charge in [0.1, 0.15) is 0 Å². The molecule has 1 spiro atoms. The Labute approximate surface area is 114 Å². The van der Waals surface area contributed by atoms with Crippen molar-refractivity contribution in [2.45, 2.75) is 32.2 Å². The quantitative estimate of drug-likeness (QED) is 0.876. The molecule has 2 aliphatic heterocycles. The van der Waals surface area contributed by atoms with Gasteiger partial charge in [-0.2, -0.15) is 0 Å². The SMILES string of the molecule is O=C1CC2(CCNCC2)CN1CCCn1ccnc1. The summed E-state index contributed by atoms with van der Waals surface area (Å²) in [5, 5.41) is 3.39. The average Bonchev–Trinajstić information content (AvgIpc) is 3.00. The van der Waals surface area contributed by atoms with Gasteiger partial charge in [0.2, 0.25) is 5.91 Å². The van der Waals surface area contributed by atoms with Gasteiger partial charge in [-0.15, -0.1) is 0 Å². The fraction of sp³-hybridized carbons (Fsp3) is 0.714. The van der Waals surface area contributed by atoms with Gasteiger partial charge in [0.25, 0.3) is 0 Å².